The van der Waals surface area contributed by atoms with Crippen molar-refractivity contribution < 1.29 is 14.4 Å². The fourth-order valence-corrected chi connectivity index (χ4v) is 2.33. The highest BCUT2D eigenvalue weighted by Crippen LogP contribution is 2.30. The Morgan fingerprint density at radius 1 is 1.23 bits per heavy atom. The third-order valence-corrected chi connectivity index (χ3v) is 4.09. The molecule has 0 aromatic heterocycles. The number of nitrogens with one attached hydrogen (secondary N) is 1. The van der Waals surface area contributed by atoms with Crippen molar-refractivity contribution >= 4 is 29.3 Å². The largest absolute Gasteiger partial charge is 0.325 e. The van der Waals surface area contributed by atoms with Crippen molar-refractivity contribution in [2.45, 2.75) is 33.2 Å². The summed E-state index contributed by atoms with van der Waals surface area (Å²) >= 11 is 5.85. The van der Waals surface area contributed by atoms with Gasteiger partial charge in [-0.3, -0.25) is 14.5 Å². The number of nitrogens with zero attached hydrogens (tertiary/aromatic N) is 1. The van der Waals surface area contributed by atoms with E-state index in [1.807, 2.05) is 0 Å². The molecule has 1 fully saturated rings. The molecule has 1 aromatic carbocycles. The first-order valence-electron chi connectivity index (χ1n) is 6.99. The van der Waals surface area contributed by atoms with Gasteiger partial charge in [0.05, 0.1) is 6.54 Å². The highest BCUT2D eigenvalue weighted by Gasteiger charge is 2.49. The van der Waals surface area contributed by atoms with Gasteiger partial charge < -0.3 is 5.32 Å². The first-order chi connectivity index (χ1) is 10.1. The summed E-state index contributed by atoms with van der Waals surface area (Å²) in [7, 11) is 0. The van der Waals surface area contributed by atoms with Crippen LogP contribution in [-0.2, 0) is 15.1 Å². The molecular weight excluding hydrogens is 304 g/mol. The zero-order valence-electron chi connectivity index (χ0n) is 13.1. The lowest BCUT2D eigenvalue weighted by Gasteiger charge is -2.23. The molecule has 22 heavy (non-hydrogen) atoms. The molecule has 0 aliphatic carbocycles. The van der Waals surface area contributed by atoms with Gasteiger partial charge in [0.15, 0.2) is 5.78 Å². The quantitative estimate of drug-likeness (QED) is 0.870. The highest BCUT2D eigenvalue weighted by atomic mass is 35.5. The monoisotopic (exact) mass is 322 g/mol. The number of carbonyl (C=O) groups excluding carboxylic acids is 3. The molecule has 5 nitrogen and oxygen atoms in total. The van der Waals surface area contributed by atoms with Gasteiger partial charge in [0.1, 0.15) is 5.54 Å². The summed E-state index contributed by atoms with van der Waals surface area (Å²) in [5.74, 6) is -0.603. The molecule has 6 heteroatoms. The standard InChI is InChI=1S/C16H19ClN2O3/c1-15(2,3)12(20)9-19-13(21)16(4,18-14(19)22)10-5-7-11(17)8-6-10/h5-8H,9H2,1-4H3,(H,18,22). The molecule has 0 bridgehead atoms. The number of hydrogen-bond acceptors (Lipinski definition) is 3. The summed E-state index contributed by atoms with van der Waals surface area (Å²) in [6.45, 7) is 6.67. The Morgan fingerprint density at radius 3 is 2.27 bits per heavy atom. The second-order valence-corrected chi connectivity index (χ2v) is 7.06. The molecule has 2 rings (SSSR count). The zero-order chi connectivity index (χ0) is 16.7. The van der Waals surface area contributed by atoms with Crippen molar-refractivity contribution in [3.63, 3.8) is 0 Å². The smallest absolute Gasteiger partial charge is 0.319 e. The maximum absolute atomic E-state index is 12.6. The maximum Gasteiger partial charge on any atom is 0.325 e. The van der Waals surface area contributed by atoms with Gasteiger partial charge in [-0.05, 0) is 24.6 Å². The van der Waals surface area contributed by atoms with E-state index in [1.165, 1.54) is 0 Å². The highest BCUT2D eigenvalue weighted by molar-refractivity contribution is 6.30. The number of carbonyl (C=O) groups is 3. The Hall–Kier alpha value is -1.88. The maximum atomic E-state index is 12.6. The molecule has 1 heterocycles. The van der Waals surface area contributed by atoms with E-state index in [1.54, 1.807) is 52.0 Å². The fraction of sp³-hybridized carbons (Fsp3) is 0.438. The van der Waals surface area contributed by atoms with Crippen molar-refractivity contribution in [3.05, 3.63) is 34.9 Å². The van der Waals surface area contributed by atoms with E-state index in [9.17, 15) is 14.4 Å². The Morgan fingerprint density at radius 2 is 1.77 bits per heavy atom. The average molecular weight is 323 g/mol. The fourth-order valence-electron chi connectivity index (χ4n) is 2.20. The molecule has 0 radical (unpaired) electrons. The molecule has 3 amide bonds. The van der Waals surface area contributed by atoms with Crippen molar-refractivity contribution in [2.24, 2.45) is 5.41 Å². The number of halogens is 1. The zero-order valence-corrected chi connectivity index (χ0v) is 13.8. The molecule has 1 atom stereocenters. The van der Waals surface area contributed by atoms with E-state index < -0.39 is 22.9 Å². The number of urea groups is 1. The SMILES string of the molecule is CC(C)(C)C(=O)CN1C(=O)NC(C)(c2ccc(Cl)cc2)C1=O. The average Bonchev–Trinajstić information content (AvgIpc) is 2.63. The first-order valence-corrected chi connectivity index (χ1v) is 7.37. The molecule has 118 valence electrons. The van der Waals surface area contributed by atoms with E-state index in [-0.39, 0.29) is 12.3 Å². The molecule has 1 aliphatic heterocycles. The van der Waals surface area contributed by atoms with Crippen LogP contribution >= 0.6 is 11.6 Å². The van der Waals surface area contributed by atoms with E-state index in [4.69, 9.17) is 11.6 Å². The van der Waals surface area contributed by atoms with Crippen LogP contribution in [0.25, 0.3) is 0 Å². The van der Waals surface area contributed by atoms with Gasteiger partial charge in [0.2, 0.25) is 0 Å². The number of amides is 3. The number of Topliss-reactive ketones (excluding diaryl/α,β-unsaturated/α-hetero) is 1. The summed E-state index contributed by atoms with van der Waals surface area (Å²) in [4.78, 5) is 37.8. The van der Waals surface area contributed by atoms with Crippen LogP contribution in [0, 0.1) is 5.41 Å². The van der Waals surface area contributed by atoms with Crippen LogP contribution in [0.2, 0.25) is 5.02 Å². The molecular formula is C16H19ClN2O3. The van der Waals surface area contributed by atoms with Crippen LogP contribution in [0.3, 0.4) is 0 Å². The second-order valence-electron chi connectivity index (χ2n) is 6.63. The number of rotatable bonds is 3. The Labute approximate surface area is 134 Å². The second kappa shape index (κ2) is 5.39. The van der Waals surface area contributed by atoms with Crippen molar-refractivity contribution in [1.29, 1.82) is 0 Å². The minimum absolute atomic E-state index is 0.170. The van der Waals surface area contributed by atoms with Gasteiger partial charge in [0, 0.05) is 10.4 Å². The lowest BCUT2D eigenvalue weighted by Crippen LogP contribution is -2.42. The van der Waals surface area contributed by atoms with Crippen molar-refractivity contribution in [2.75, 3.05) is 6.54 Å². The Balaban J connectivity index is 2.28. The number of imide groups is 1. The van der Waals surface area contributed by atoms with E-state index in [0.29, 0.717) is 10.6 Å². The van der Waals surface area contributed by atoms with Crippen LogP contribution in [0.5, 0.6) is 0 Å². The van der Waals surface area contributed by atoms with Gasteiger partial charge >= 0.3 is 6.03 Å². The summed E-state index contributed by atoms with van der Waals surface area (Å²) < 4.78 is 0. The molecule has 0 spiro atoms. The topological polar surface area (TPSA) is 66.5 Å². The molecule has 1 aromatic rings. The molecule has 0 saturated carbocycles. The number of benzene rings is 1. The summed E-state index contributed by atoms with van der Waals surface area (Å²) in [5.41, 5.74) is -1.17. The van der Waals surface area contributed by atoms with Gasteiger partial charge in [-0.1, -0.05) is 44.5 Å². The van der Waals surface area contributed by atoms with Gasteiger partial charge in [0.25, 0.3) is 5.91 Å². The van der Waals surface area contributed by atoms with Crippen molar-refractivity contribution in [3.8, 4) is 0 Å². The molecule has 1 saturated heterocycles. The Kier molecular flexibility index (Phi) is 4.04. The predicted molar refractivity (Wildman–Crippen MR) is 83.5 cm³/mol. The van der Waals surface area contributed by atoms with Crippen LogP contribution < -0.4 is 5.32 Å². The molecule has 1 N–H and O–H groups in total. The van der Waals surface area contributed by atoms with E-state index in [0.717, 1.165) is 4.90 Å². The molecule has 1 unspecified atom stereocenters. The van der Waals surface area contributed by atoms with Gasteiger partial charge in [-0.25, -0.2) is 4.79 Å². The first kappa shape index (κ1) is 16.5. The predicted octanol–water partition coefficient (Wildman–Crippen LogP) is 2.72. The minimum Gasteiger partial charge on any atom is -0.319 e. The normalized spacial score (nSPS) is 22.0. The van der Waals surface area contributed by atoms with Gasteiger partial charge in [-0.2, -0.15) is 0 Å². The Bertz CT molecular complexity index is 634. The third-order valence-electron chi connectivity index (χ3n) is 3.83. The lowest BCUT2D eigenvalue weighted by atomic mass is 9.89. The van der Waals surface area contributed by atoms with Gasteiger partial charge in [-0.15, -0.1) is 0 Å². The van der Waals surface area contributed by atoms with Crippen LogP contribution in [0.4, 0.5) is 4.79 Å². The minimum atomic E-state index is -1.18. The number of ketones is 1. The number of hydrogen-bond donors (Lipinski definition) is 1. The van der Waals surface area contributed by atoms with Crippen LogP contribution in [0.15, 0.2) is 24.3 Å². The van der Waals surface area contributed by atoms with Crippen LogP contribution in [-0.4, -0.2) is 29.2 Å². The van der Waals surface area contributed by atoms with Crippen LogP contribution in [0.1, 0.15) is 33.3 Å². The van der Waals surface area contributed by atoms with E-state index >= 15 is 0 Å². The lowest BCUT2D eigenvalue weighted by molar-refractivity contribution is -0.136. The van der Waals surface area contributed by atoms with Crippen molar-refractivity contribution in [1.82, 2.24) is 10.2 Å². The summed E-state index contributed by atoms with van der Waals surface area (Å²) in [6.07, 6.45) is 0. The summed E-state index contributed by atoms with van der Waals surface area (Å²) in [6, 6.07) is 6.14. The third kappa shape index (κ3) is 2.86. The van der Waals surface area contributed by atoms with E-state index in [2.05, 4.69) is 5.32 Å². The summed E-state index contributed by atoms with van der Waals surface area (Å²) in [5, 5.41) is 3.21. The molecule has 1 aliphatic rings.